The molecule has 4 nitrogen and oxygen atoms in total. The van der Waals surface area contributed by atoms with Crippen LogP contribution >= 0.6 is 0 Å². The van der Waals surface area contributed by atoms with Crippen molar-refractivity contribution in [3.8, 4) is 0 Å². The summed E-state index contributed by atoms with van der Waals surface area (Å²) in [6.07, 6.45) is 2.19. The van der Waals surface area contributed by atoms with E-state index in [4.69, 9.17) is 4.74 Å². The number of hydrogen-bond acceptors (Lipinski definition) is 3. The van der Waals surface area contributed by atoms with Crippen molar-refractivity contribution in [3.05, 3.63) is 0 Å². The van der Waals surface area contributed by atoms with E-state index in [9.17, 15) is 4.79 Å². The monoisotopic (exact) mass is 216 g/mol. The number of hydrogen-bond donors (Lipinski definition) is 2. The Bertz CT molecular complexity index is 161. The molecule has 0 atom stereocenters. The van der Waals surface area contributed by atoms with Gasteiger partial charge in [0, 0.05) is 13.2 Å². The molecule has 4 heteroatoms. The molecule has 0 unspecified atom stereocenters. The largest absolute Gasteiger partial charge is 0.379 e. The molecule has 0 fully saturated rings. The maximum absolute atomic E-state index is 11.2. The fourth-order valence-corrected chi connectivity index (χ4v) is 1.06. The minimum Gasteiger partial charge on any atom is -0.379 e. The van der Waals surface area contributed by atoms with Gasteiger partial charge >= 0.3 is 0 Å². The average Bonchev–Trinajstić information content (AvgIpc) is 2.17. The van der Waals surface area contributed by atoms with E-state index < -0.39 is 0 Å². The first-order valence-electron chi connectivity index (χ1n) is 5.75. The van der Waals surface area contributed by atoms with Gasteiger partial charge in [-0.2, -0.15) is 0 Å². The van der Waals surface area contributed by atoms with Gasteiger partial charge in [-0.15, -0.1) is 0 Å². The van der Waals surface area contributed by atoms with Crippen molar-refractivity contribution >= 4 is 5.91 Å². The average molecular weight is 216 g/mol. The van der Waals surface area contributed by atoms with Gasteiger partial charge < -0.3 is 15.4 Å². The van der Waals surface area contributed by atoms with Crippen LogP contribution in [0, 0.1) is 0 Å². The van der Waals surface area contributed by atoms with Crippen molar-refractivity contribution < 1.29 is 9.53 Å². The van der Waals surface area contributed by atoms with Crippen LogP contribution < -0.4 is 10.6 Å². The predicted molar refractivity (Wildman–Crippen MR) is 61.9 cm³/mol. The Hall–Kier alpha value is -0.610. The predicted octanol–water partition coefficient (Wildman–Crippen LogP) is 0.917. The maximum Gasteiger partial charge on any atom is 0.233 e. The lowest BCUT2D eigenvalue weighted by Crippen LogP contribution is -2.35. The molecule has 0 radical (unpaired) electrons. The molecule has 0 heterocycles. The van der Waals surface area contributed by atoms with E-state index >= 15 is 0 Å². The molecule has 0 spiro atoms. The Labute approximate surface area is 92.8 Å². The van der Waals surface area contributed by atoms with Crippen molar-refractivity contribution in [2.75, 3.05) is 26.2 Å². The van der Waals surface area contributed by atoms with Gasteiger partial charge in [0.05, 0.1) is 12.6 Å². The fourth-order valence-electron chi connectivity index (χ4n) is 1.06. The minimum absolute atomic E-state index is 0.0630. The van der Waals surface area contributed by atoms with Crippen molar-refractivity contribution in [3.63, 3.8) is 0 Å². The molecule has 0 saturated carbocycles. The molecule has 1 amide bonds. The molecule has 0 aromatic carbocycles. The summed E-state index contributed by atoms with van der Waals surface area (Å²) < 4.78 is 5.36. The van der Waals surface area contributed by atoms with Gasteiger partial charge in [0.2, 0.25) is 5.91 Å². The lowest BCUT2D eigenvalue weighted by atomic mass is 10.4. The molecule has 0 aliphatic carbocycles. The number of carbonyl (C=O) groups excluding carboxylic acids is 1. The van der Waals surface area contributed by atoms with Crippen LogP contribution in [0.3, 0.4) is 0 Å². The van der Waals surface area contributed by atoms with Crippen molar-refractivity contribution in [2.45, 2.75) is 39.7 Å². The molecule has 0 rings (SSSR count). The molecular weight excluding hydrogens is 192 g/mol. The molecule has 2 N–H and O–H groups in total. The number of nitrogens with one attached hydrogen (secondary N) is 2. The summed E-state index contributed by atoms with van der Waals surface area (Å²) in [5.74, 6) is 0.0630. The molecule has 0 saturated heterocycles. The summed E-state index contributed by atoms with van der Waals surface area (Å²) in [6.45, 7) is 8.80. The molecule has 90 valence electrons. The summed E-state index contributed by atoms with van der Waals surface area (Å²) in [6, 6.07) is 0. The first-order chi connectivity index (χ1) is 7.16. The highest BCUT2D eigenvalue weighted by Gasteiger charge is 1.99. The number of amides is 1. The standard InChI is InChI=1S/C11H24N2O2/c1-4-6-12-9-11(14)13-7-5-8-15-10(2)3/h10,12H,4-9H2,1-3H3,(H,13,14). The highest BCUT2D eigenvalue weighted by atomic mass is 16.5. The quantitative estimate of drug-likeness (QED) is 0.563. The summed E-state index contributed by atoms with van der Waals surface area (Å²) in [5, 5.41) is 5.88. The van der Waals surface area contributed by atoms with Gasteiger partial charge in [0.25, 0.3) is 0 Å². The zero-order valence-electron chi connectivity index (χ0n) is 10.1. The number of ether oxygens (including phenoxy) is 1. The van der Waals surface area contributed by atoms with Crippen LogP contribution in [0.5, 0.6) is 0 Å². The summed E-state index contributed by atoms with van der Waals surface area (Å²) >= 11 is 0. The van der Waals surface area contributed by atoms with E-state index in [0.29, 0.717) is 19.7 Å². The van der Waals surface area contributed by atoms with Gasteiger partial charge in [-0.3, -0.25) is 4.79 Å². The Morgan fingerprint density at radius 2 is 2.07 bits per heavy atom. The van der Waals surface area contributed by atoms with Crippen LogP contribution in [0.15, 0.2) is 0 Å². The van der Waals surface area contributed by atoms with Gasteiger partial charge in [-0.05, 0) is 33.2 Å². The van der Waals surface area contributed by atoms with Crippen LogP contribution in [0.1, 0.15) is 33.6 Å². The molecule has 0 aromatic rings. The van der Waals surface area contributed by atoms with Gasteiger partial charge in [0.15, 0.2) is 0 Å². The SMILES string of the molecule is CCCNCC(=O)NCCCOC(C)C. The Morgan fingerprint density at radius 3 is 2.67 bits per heavy atom. The van der Waals surface area contributed by atoms with E-state index in [1.54, 1.807) is 0 Å². The second-order valence-electron chi connectivity index (χ2n) is 3.80. The van der Waals surface area contributed by atoms with E-state index in [1.807, 2.05) is 13.8 Å². The van der Waals surface area contributed by atoms with E-state index in [0.717, 1.165) is 19.4 Å². The Balaban J connectivity index is 3.17. The third-order valence-corrected chi connectivity index (χ3v) is 1.81. The molecule has 0 bridgehead atoms. The van der Waals surface area contributed by atoms with Crippen LogP contribution in [0.2, 0.25) is 0 Å². The van der Waals surface area contributed by atoms with E-state index in [1.165, 1.54) is 0 Å². The Morgan fingerprint density at radius 1 is 1.33 bits per heavy atom. The lowest BCUT2D eigenvalue weighted by molar-refractivity contribution is -0.120. The third kappa shape index (κ3) is 11.3. The van der Waals surface area contributed by atoms with Crippen LogP contribution in [-0.4, -0.2) is 38.3 Å². The molecule has 0 aliphatic heterocycles. The number of carbonyl (C=O) groups is 1. The second-order valence-corrected chi connectivity index (χ2v) is 3.80. The molecule has 15 heavy (non-hydrogen) atoms. The van der Waals surface area contributed by atoms with Crippen molar-refractivity contribution in [1.29, 1.82) is 0 Å². The molecular formula is C11H24N2O2. The van der Waals surface area contributed by atoms with Gasteiger partial charge in [-0.1, -0.05) is 6.92 Å². The lowest BCUT2D eigenvalue weighted by Gasteiger charge is -2.08. The molecule has 0 aromatic heterocycles. The van der Waals surface area contributed by atoms with Crippen LogP contribution in [0.4, 0.5) is 0 Å². The normalized spacial score (nSPS) is 10.7. The first-order valence-corrected chi connectivity index (χ1v) is 5.75. The highest BCUT2D eigenvalue weighted by molar-refractivity contribution is 5.77. The third-order valence-electron chi connectivity index (χ3n) is 1.81. The smallest absolute Gasteiger partial charge is 0.233 e. The molecule has 0 aliphatic rings. The summed E-state index contributed by atoms with van der Waals surface area (Å²) in [5.41, 5.74) is 0. The second kappa shape index (κ2) is 9.93. The van der Waals surface area contributed by atoms with Crippen LogP contribution in [0.25, 0.3) is 0 Å². The zero-order valence-corrected chi connectivity index (χ0v) is 10.1. The first kappa shape index (κ1) is 14.4. The maximum atomic E-state index is 11.2. The summed E-state index contributed by atoms with van der Waals surface area (Å²) in [7, 11) is 0. The van der Waals surface area contributed by atoms with Crippen molar-refractivity contribution in [1.82, 2.24) is 10.6 Å². The van der Waals surface area contributed by atoms with Gasteiger partial charge in [0.1, 0.15) is 0 Å². The van der Waals surface area contributed by atoms with Crippen LogP contribution in [-0.2, 0) is 9.53 Å². The van der Waals surface area contributed by atoms with Gasteiger partial charge in [-0.25, -0.2) is 0 Å². The van der Waals surface area contributed by atoms with E-state index in [-0.39, 0.29) is 12.0 Å². The highest BCUT2D eigenvalue weighted by Crippen LogP contribution is 1.88. The van der Waals surface area contributed by atoms with E-state index in [2.05, 4.69) is 17.6 Å². The summed E-state index contributed by atoms with van der Waals surface area (Å²) in [4.78, 5) is 11.2. The number of rotatable bonds is 9. The zero-order chi connectivity index (χ0) is 11.5. The van der Waals surface area contributed by atoms with Crippen molar-refractivity contribution in [2.24, 2.45) is 0 Å². The Kier molecular flexibility index (Phi) is 9.52. The fraction of sp³-hybridized carbons (Fsp3) is 0.909. The topological polar surface area (TPSA) is 50.4 Å². The minimum atomic E-state index is 0.0630.